The summed E-state index contributed by atoms with van der Waals surface area (Å²) in [5, 5.41) is 7.74. The van der Waals surface area contributed by atoms with Crippen LogP contribution in [0.5, 0.6) is 5.75 Å². The van der Waals surface area contributed by atoms with Crippen LogP contribution in [0.1, 0.15) is 30.8 Å². The Balaban J connectivity index is 1.97. The zero-order valence-corrected chi connectivity index (χ0v) is 12.5. The smallest absolute Gasteiger partial charge is 0.130 e. The molecule has 1 heterocycles. The highest BCUT2D eigenvalue weighted by Gasteiger charge is 2.05. The van der Waals surface area contributed by atoms with Crippen LogP contribution >= 0.6 is 0 Å². The highest BCUT2D eigenvalue weighted by molar-refractivity contribution is 5.28. The van der Waals surface area contributed by atoms with Gasteiger partial charge in [0, 0.05) is 13.6 Å². The normalized spacial score (nSPS) is 10.8. The van der Waals surface area contributed by atoms with Crippen LogP contribution in [0.3, 0.4) is 0 Å². The topological polar surface area (TPSA) is 39.1 Å². The molecule has 4 heteroatoms. The standard InChI is InChI=1S/C16H23N3O/c1-4-14-10-15(19(3)18-14)12-20-16-8-6-7-13(9-16)11-17-5-2/h6-10,17H,4-5,11-12H2,1-3H3. The van der Waals surface area contributed by atoms with Gasteiger partial charge in [-0.25, -0.2) is 0 Å². The van der Waals surface area contributed by atoms with E-state index in [1.54, 1.807) is 0 Å². The van der Waals surface area contributed by atoms with E-state index in [0.717, 1.165) is 36.6 Å². The van der Waals surface area contributed by atoms with Crippen molar-refractivity contribution in [3.8, 4) is 5.75 Å². The van der Waals surface area contributed by atoms with Gasteiger partial charge in [-0.15, -0.1) is 0 Å². The van der Waals surface area contributed by atoms with Crippen molar-refractivity contribution >= 4 is 0 Å². The zero-order valence-electron chi connectivity index (χ0n) is 12.5. The van der Waals surface area contributed by atoms with E-state index >= 15 is 0 Å². The molecule has 0 spiro atoms. The molecule has 0 atom stereocenters. The zero-order chi connectivity index (χ0) is 14.4. The molecule has 0 bridgehead atoms. The number of aryl methyl sites for hydroxylation is 2. The minimum Gasteiger partial charge on any atom is -0.487 e. The molecule has 0 radical (unpaired) electrons. The molecule has 0 unspecified atom stereocenters. The van der Waals surface area contributed by atoms with Crippen LogP contribution in [0.25, 0.3) is 0 Å². The third kappa shape index (κ3) is 3.84. The quantitative estimate of drug-likeness (QED) is 0.843. The number of ether oxygens (including phenoxy) is 1. The van der Waals surface area contributed by atoms with Gasteiger partial charge < -0.3 is 10.1 Å². The lowest BCUT2D eigenvalue weighted by molar-refractivity contribution is 0.294. The highest BCUT2D eigenvalue weighted by atomic mass is 16.5. The van der Waals surface area contributed by atoms with E-state index in [9.17, 15) is 0 Å². The second kappa shape index (κ2) is 7.10. The summed E-state index contributed by atoms with van der Waals surface area (Å²) in [6.07, 6.45) is 0.950. The molecule has 20 heavy (non-hydrogen) atoms. The van der Waals surface area contributed by atoms with Gasteiger partial charge in [0.25, 0.3) is 0 Å². The molecule has 0 saturated carbocycles. The van der Waals surface area contributed by atoms with Gasteiger partial charge in [-0.3, -0.25) is 4.68 Å². The molecule has 0 aliphatic carbocycles. The van der Waals surface area contributed by atoms with Crippen LogP contribution in [-0.2, 0) is 26.6 Å². The van der Waals surface area contributed by atoms with Crippen molar-refractivity contribution in [1.29, 1.82) is 0 Å². The van der Waals surface area contributed by atoms with Gasteiger partial charge >= 0.3 is 0 Å². The van der Waals surface area contributed by atoms with Crippen LogP contribution in [0.4, 0.5) is 0 Å². The average Bonchev–Trinajstić information content (AvgIpc) is 2.84. The SMILES string of the molecule is CCNCc1cccc(OCc2cc(CC)nn2C)c1. The van der Waals surface area contributed by atoms with Gasteiger partial charge in [-0.05, 0) is 36.7 Å². The Labute approximate surface area is 120 Å². The number of benzene rings is 1. The maximum atomic E-state index is 5.86. The molecular weight excluding hydrogens is 250 g/mol. The number of nitrogens with zero attached hydrogens (tertiary/aromatic N) is 2. The van der Waals surface area contributed by atoms with Gasteiger partial charge in [-0.2, -0.15) is 5.10 Å². The third-order valence-corrected chi connectivity index (χ3v) is 3.25. The summed E-state index contributed by atoms with van der Waals surface area (Å²) < 4.78 is 7.75. The Morgan fingerprint density at radius 3 is 2.80 bits per heavy atom. The first-order chi connectivity index (χ1) is 9.72. The molecule has 1 aromatic heterocycles. The largest absolute Gasteiger partial charge is 0.487 e. The number of nitrogens with one attached hydrogen (secondary N) is 1. The van der Waals surface area contributed by atoms with E-state index in [4.69, 9.17) is 4.74 Å². The molecule has 0 aliphatic rings. The predicted octanol–water partition coefficient (Wildman–Crippen LogP) is 2.67. The minimum atomic E-state index is 0.550. The summed E-state index contributed by atoms with van der Waals surface area (Å²) >= 11 is 0. The van der Waals surface area contributed by atoms with E-state index in [2.05, 4.69) is 42.5 Å². The van der Waals surface area contributed by atoms with Crippen molar-refractivity contribution in [3.05, 3.63) is 47.3 Å². The fraction of sp³-hybridized carbons (Fsp3) is 0.438. The summed E-state index contributed by atoms with van der Waals surface area (Å²) in [6, 6.07) is 10.3. The van der Waals surface area contributed by atoms with Crippen molar-refractivity contribution in [2.75, 3.05) is 6.54 Å². The molecule has 108 valence electrons. The molecule has 2 rings (SSSR count). The Morgan fingerprint density at radius 1 is 1.25 bits per heavy atom. The Kier molecular flexibility index (Phi) is 5.18. The summed E-state index contributed by atoms with van der Waals surface area (Å²) in [6.45, 7) is 6.61. The van der Waals surface area contributed by atoms with Crippen molar-refractivity contribution in [2.24, 2.45) is 7.05 Å². The van der Waals surface area contributed by atoms with E-state index in [-0.39, 0.29) is 0 Å². The summed E-state index contributed by atoms with van der Waals surface area (Å²) in [5.41, 5.74) is 3.44. The second-order valence-electron chi connectivity index (χ2n) is 4.82. The lowest BCUT2D eigenvalue weighted by Gasteiger charge is -2.08. The van der Waals surface area contributed by atoms with Crippen molar-refractivity contribution in [2.45, 2.75) is 33.4 Å². The maximum Gasteiger partial charge on any atom is 0.130 e. The Morgan fingerprint density at radius 2 is 2.10 bits per heavy atom. The molecule has 0 aliphatic heterocycles. The number of rotatable bonds is 7. The van der Waals surface area contributed by atoms with E-state index in [0.29, 0.717) is 6.61 Å². The van der Waals surface area contributed by atoms with Crippen LogP contribution < -0.4 is 10.1 Å². The number of aromatic nitrogens is 2. The summed E-state index contributed by atoms with van der Waals surface area (Å²) in [5.74, 6) is 0.902. The highest BCUT2D eigenvalue weighted by Crippen LogP contribution is 2.15. The number of hydrogen-bond acceptors (Lipinski definition) is 3. The predicted molar refractivity (Wildman–Crippen MR) is 80.7 cm³/mol. The fourth-order valence-corrected chi connectivity index (χ4v) is 2.05. The summed E-state index contributed by atoms with van der Waals surface area (Å²) in [7, 11) is 1.96. The van der Waals surface area contributed by atoms with Gasteiger partial charge in [0.1, 0.15) is 12.4 Å². The molecular formula is C16H23N3O. The van der Waals surface area contributed by atoms with Crippen LogP contribution in [-0.4, -0.2) is 16.3 Å². The van der Waals surface area contributed by atoms with Crippen LogP contribution in [0.15, 0.2) is 30.3 Å². The lowest BCUT2D eigenvalue weighted by Crippen LogP contribution is -2.11. The van der Waals surface area contributed by atoms with Crippen molar-refractivity contribution < 1.29 is 4.74 Å². The van der Waals surface area contributed by atoms with Gasteiger partial charge in [0.2, 0.25) is 0 Å². The summed E-state index contributed by atoms with van der Waals surface area (Å²) in [4.78, 5) is 0. The van der Waals surface area contributed by atoms with Crippen LogP contribution in [0.2, 0.25) is 0 Å². The minimum absolute atomic E-state index is 0.550. The molecule has 0 fully saturated rings. The van der Waals surface area contributed by atoms with E-state index < -0.39 is 0 Å². The van der Waals surface area contributed by atoms with Gasteiger partial charge in [-0.1, -0.05) is 26.0 Å². The van der Waals surface area contributed by atoms with E-state index in [1.807, 2.05) is 23.9 Å². The van der Waals surface area contributed by atoms with E-state index in [1.165, 1.54) is 5.56 Å². The Bertz CT molecular complexity index is 548. The maximum absolute atomic E-state index is 5.86. The second-order valence-corrected chi connectivity index (χ2v) is 4.82. The monoisotopic (exact) mass is 273 g/mol. The van der Waals surface area contributed by atoms with Gasteiger partial charge in [0.05, 0.1) is 11.4 Å². The first-order valence-electron chi connectivity index (χ1n) is 7.17. The average molecular weight is 273 g/mol. The first-order valence-corrected chi connectivity index (χ1v) is 7.17. The fourth-order valence-electron chi connectivity index (χ4n) is 2.05. The third-order valence-electron chi connectivity index (χ3n) is 3.25. The molecule has 2 aromatic rings. The molecule has 0 saturated heterocycles. The molecule has 1 N–H and O–H groups in total. The van der Waals surface area contributed by atoms with Gasteiger partial charge in [0.15, 0.2) is 0 Å². The first kappa shape index (κ1) is 14.6. The van der Waals surface area contributed by atoms with Crippen LogP contribution in [0, 0.1) is 0 Å². The lowest BCUT2D eigenvalue weighted by atomic mass is 10.2. The Hall–Kier alpha value is -1.81. The molecule has 1 aromatic carbocycles. The van der Waals surface area contributed by atoms with Crippen molar-refractivity contribution in [1.82, 2.24) is 15.1 Å². The van der Waals surface area contributed by atoms with Crippen molar-refractivity contribution in [3.63, 3.8) is 0 Å². The molecule has 4 nitrogen and oxygen atoms in total. The number of hydrogen-bond donors (Lipinski definition) is 1. The molecule has 0 amide bonds.